The van der Waals surface area contributed by atoms with E-state index in [1.165, 1.54) is 0 Å². The maximum absolute atomic E-state index is 12.5. The molecule has 1 fully saturated rings. The Morgan fingerprint density at radius 2 is 1.68 bits per heavy atom. The van der Waals surface area contributed by atoms with E-state index < -0.39 is 10.0 Å². The molecule has 2 heterocycles. The highest BCUT2D eigenvalue weighted by atomic mass is 32.2. The van der Waals surface area contributed by atoms with Gasteiger partial charge in [0.05, 0.1) is 11.4 Å². The van der Waals surface area contributed by atoms with Crippen molar-refractivity contribution in [3.8, 4) is 0 Å². The molecule has 0 saturated carbocycles. The number of nitrogens with zero attached hydrogens (tertiary/aromatic N) is 2. The molecule has 118 valence electrons. The first-order valence-corrected chi connectivity index (χ1v) is 8.82. The molecule has 5 nitrogen and oxygen atoms in total. The van der Waals surface area contributed by atoms with Gasteiger partial charge in [-0.3, -0.25) is 4.90 Å². The molecular weight excluding hydrogens is 300 g/mol. The van der Waals surface area contributed by atoms with Gasteiger partial charge in [-0.05, 0) is 31.2 Å². The summed E-state index contributed by atoms with van der Waals surface area (Å²) in [6.07, 6.45) is 0. The molecular formula is C16H20N2O3S. The molecule has 22 heavy (non-hydrogen) atoms. The fraction of sp³-hybridized carbons (Fsp3) is 0.375. The van der Waals surface area contributed by atoms with E-state index in [0.29, 0.717) is 31.1 Å². The topological polar surface area (TPSA) is 53.8 Å². The number of piperazine rings is 1. The van der Waals surface area contributed by atoms with Crippen molar-refractivity contribution in [3.05, 3.63) is 54.0 Å². The molecule has 1 aromatic heterocycles. The SMILES string of the molecule is Cc1ccc(CN2CCN(S(=O)(=O)c3ccccc3)CC2)o1. The van der Waals surface area contributed by atoms with Crippen LogP contribution in [0.15, 0.2) is 51.8 Å². The Labute approximate surface area is 131 Å². The second-order valence-electron chi connectivity index (χ2n) is 5.51. The minimum atomic E-state index is -3.37. The summed E-state index contributed by atoms with van der Waals surface area (Å²) >= 11 is 0. The summed E-state index contributed by atoms with van der Waals surface area (Å²) in [6.45, 7) is 5.10. The Balaban J connectivity index is 1.62. The average molecular weight is 320 g/mol. The van der Waals surface area contributed by atoms with Crippen molar-refractivity contribution in [1.82, 2.24) is 9.21 Å². The van der Waals surface area contributed by atoms with Crippen molar-refractivity contribution in [2.24, 2.45) is 0 Å². The lowest BCUT2D eigenvalue weighted by Crippen LogP contribution is -2.48. The van der Waals surface area contributed by atoms with E-state index in [9.17, 15) is 8.42 Å². The first-order valence-electron chi connectivity index (χ1n) is 7.38. The van der Waals surface area contributed by atoms with E-state index >= 15 is 0 Å². The number of rotatable bonds is 4. The van der Waals surface area contributed by atoms with Crippen LogP contribution >= 0.6 is 0 Å². The number of aryl methyl sites for hydroxylation is 1. The van der Waals surface area contributed by atoms with E-state index in [0.717, 1.165) is 18.1 Å². The zero-order chi connectivity index (χ0) is 15.6. The van der Waals surface area contributed by atoms with Crippen LogP contribution in [-0.2, 0) is 16.6 Å². The molecule has 0 spiro atoms. The first kappa shape index (κ1) is 15.3. The molecule has 0 atom stereocenters. The minimum absolute atomic E-state index is 0.366. The summed E-state index contributed by atoms with van der Waals surface area (Å²) in [7, 11) is -3.37. The minimum Gasteiger partial charge on any atom is -0.465 e. The van der Waals surface area contributed by atoms with Gasteiger partial charge in [-0.15, -0.1) is 0 Å². The molecule has 6 heteroatoms. The predicted molar refractivity (Wildman–Crippen MR) is 83.9 cm³/mol. The molecule has 3 rings (SSSR count). The van der Waals surface area contributed by atoms with Gasteiger partial charge in [0.2, 0.25) is 10.0 Å². The van der Waals surface area contributed by atoms with Gasteiger partial charge in [0.25, 0.3) is 0 Å². The van der Waals surface area contributed by atoms with Crippen LogP contribution in [0.5, 0.6) is 0 Å². The summed E-state index contributed by atoms with van der Waals surface area (Å²) in [5.74, 6) is 1.83. The van der Waals surface area contributed by atoms with Crippen molar-refractivity contribution in [2.75, 3.05) is 26.2 Å². The number of hydrogen-bond acceptors (Lipinski definition) is 4. The Hall–Kier alpha value is -1.63. The van der Waals surface area contributed by atoms with Gasteiger partial charge in [0, 0.05) is 26.2 Å². The normalized spacial score (nSPS) is 17.7. The highest BCUT2D eigenvalue weighted by molar-refractivity contribution is 7.89. The largest absolute Gasteiger partial charge is 0.465 e. The highest BCUT2D eigenvalue weighted by Crippen LogP contribution is 2.18. The maximum Gasteiger partial charge on any atom is 0.243 e. The molecule has 0 bridgehead atoms. The molecule has 1 saturated heterocycles. The van der Waals surface area contributed by atoms with E-state index in [1.54, 1.807) is 28.6 Å². The molecule has 1 aromatic carbocycles. The fourth-order valence-corrected chi connectivity index (χ4v) is 4.10. The smallest absolute Gasteiger partial charge is 0.243 e. The molecule has 0 radical (unpaired) electrons. The summed E-state index contributed by atoms with van der Waals surface area (Å²) < 4.78 is 32.2. The Kier molecular flexibility index (Phi) is 4.33. The van der Waals surface area contributed by atoms with Gasteiger partial charge in [0.15, 0.2) is 0 Å². The van der Waals surface area contributed by atoms with Crippen LogP contribution in [0, 0.1) is 6.92 Å². The molecule has 0 N–H and O–H groups in total. The third-order valence-corrected chi connectivity index (χ3v) is 5.80. The van der Waals surface area contributed by atoms with Gasteiger partial charge in [-0.2, -0.15) is 4.31 Å². The quantitative estimate of drug-likeness (QED) is 0.866. The Bertz CT molecular complexity index is 717. The van der Waals surface area contributed by atoms with E-state index in [2.05, 4.69) is 4.90 Å². The summed E-state index contributed by atoms with van der Waals surface area (Å²) in [6, 6.07) is 12.5. The lowest BCUT2D eigenvalue weighted by molar-refractivity contribution is 0.170. The second kappa shape index (κ2) is 6.24. The average Bonchev–Trinajstić information content (AvgIpc) is 2.94. The third-order valence-electron chi connectivity index (χ3n) is 3.89. The fourth-order valence-electron chi connectivity index (χ4n) is 2.66. The number of benzene rings is 1. The highest BCUT2D eigenvalue weighted by Gasteiger charge is 2.28. The third kappa shape index (κ3) is 3.24. The van der Waals surface area contributed by atoms with Crippen LogP contribution in [0.4, 0.5) is 0 Å². The number of sulfonamides is 1. The molecule has 2 aromatic rings. The monoisotopic (exact) mass is 320 g/mol. The predicted octanol–water partition coefficient (Wildman–Crippen LogP) is 2.09. The first-order chi connectivity index (χ1) is 10.6. The second-order valence-corrected chi connectivity index (χ2v) is 7.44. The number of hydrogen-bond donors (Lipinski definition) is 0. The van der Waals surface area contributed by atoms with Gasteiger partial charge in [0.1, 0.15) is 11.5 Å². The van der Waals surface area contributed by atoms with Crippen molar-refractivity contribution >= 4 is 10.0 Å². The van der Waals surface area contributed by atoms with Crippen LogP contribution in [-0.4, -0.2) is 43.8 Å². The van der Waals surface area contributed by atoms with E-state index in [-0.39, 0.29) is 0 Å². The van der Waals surface area contributed by atoms with Crippen LogP contribution in [0.2, 0.25) is 0 Å². The summed E-state index contributed by atoms with van der Waals surface area (Å²) in [5.41, 5.74) is 0. The molecule has 0 amide bonds. The van der Waals surface area contributed by atoms with Gasteiger partial charge >= 0.3 is 0 Å². The van der Waals surface area contributed by atoms with Crippen LogP contribution in [0.25, 0.3) is 0 Å². The summed E-state index contributed by atoms with van der Waals surface area (Å²) in [4.78, 5) is 2.58. The number of furan rings is 1. The molecule has 0 unspecified atom stereocenters. The van der Waals surface area contributed by atoms with Crippen molar-refractivity contribution in [3.63, 3.8) is 0 Å². The van der Waals surface area contributed by atoms with Crippen molar-refractivity contribution < 1.29 is 12.8 Å². The molecule has 1 aliphatic heterocycles. The van der Waals surface area contributed by atoms with Gasteiger partial charge < -0.3 is 4.42 Å². The standard InChI is InChI=1S/C16H20N2O3S/c1-14-7-8-15(21-14)13-17-9-11-18(12-10-17)22(19,20)16-5-3-2-4-6-16/h2-8H,9-13H2,1H3. The van der Waals surface area contributed by atoms with Crippen LogP contribution in [0.3, 0.4) is 0 Å². The Morgan fingerprint density at radius 1 is 1.00 bits per heavy atom. The Morgan fingerprint density at radius 3 is 2.27 bits per heavy atom. The van der Waals surface area contributed by atoms with Crippen LogP contribution < -0.4 is 0 Å². The zero-order valence-electron chi connectivity index (χ0n) is 12.6. The lowest BCUT2D eigenvalue weighted by Gasteiger charge is -2.33. The van der Waals surface area contributed by atoms with Crippen molar-refractivity contribution in [2.45, 2.75) is 18.4 Å². The van der Waals surface area contributed by atoms with Gasteiger partial charge in [-0.1, -0.05) is 18.2 Å². The lowest BCUT2D eigenvalue weighted by atomic mass is 10.3. The van der Waals surface area contributed by atoms with Crippen LogP contribution in [0.1, 0.15) is 11.5 Å². The maximum atomic E-state index is 12.5. The molecule has 0 aliphatic carbocycles. The van der Waals surface area contributed by atoms with E-state index in [1.807, 2.05) is 25.1 Å². The van der Waals surface area contributed by atoms with E-state index in [4.69, 9.17) is 4.42 Å². The van der Waals surface area contributed by atoms with Crippen molar-refractivity contribution in [1.29, 1.82) is 0 Å². The van der Waals surface area contributed by atoms with Gasteiger partial charge in [-0.25, -0.2) is 8.42 Å². The zero-order valence-corrected chi connectivity index (χ0v) is 13.4. The molecule has 1 aliphatic rings. The summed E-state index contributed by atoms with van der Waals surface area (Å²) in [5, 5.41) is 0.